The Labute approximate surface area is 155 Å². The standard InChI is InChI=1S/C21H15ClN2S/c22-16-10-12-17(13-11-16)25-21-19-9-5-4-8-18(19)20(23-24-21)14-15-6-2-1-3-7-15/h1-13H,14H2. The molecular weight excluding hydrogens is 348 g/mol. The van der Waals surface area contributed by atoms with Gasteiger partial charge in [-0.25, -0.2) is 0 Å². The number of rotatable bonds is 4. The zero-order chi connectivity index (χ0) is 17.1. The molecule has 25 heavy (non-hydrogen) atoms. The fourth-order valence-electron chi connectivity index (χ4n) is 2.74. The van der Waals surface area contributed by atoms with Crippen LogP contribution in [-0.4, -0.2) is 10.2 Å². The van der Waals surface area contributed by atoms with Crippen molar-refractivity contribution in [2.75, 3.05) is 0 Å². The second kappa shape index (κ2) is 7.26. The Bertz CT molecular complexity index is 1000. The highest BCUT2D eigenvalue weighted by atomic mass is 35.5. The quantitative estimate of drug-likeness (QED) is 0.443. The third-order valence-electron chi connectivity index (χ3n) is 3.97. The van der Waals surface area contributed by atoms with Crippen molar-refractivity contribution in [2.24, 2.45) is 0 Å². The van der Waals surface area contributed by atoms with Crippen LogP contribution in [0.4, 0.5) is 0 Å². The summed E-state index contributed by atoms with van der Waals surface area (Å²) >= 11 is 7.58. The van der Waals surface area contributed by atoms with Crippen LogP contribution < -0.4 is 0 Å². The largest absolute Gasteiger partial charge is 0.153 e. The van der Waals surface area contributed by atoms with Crippen molar-refractivity contribution in [3.05, 3.63) is 95.1 Å². The van der Waals surface area contributed by atoms with Crippen LogP contribution in [0.1, 0.15) is 11.3 Å². The molecule has 0 aliphatic carbocycles. The predicted molar refractivity (Wildman–Crippen MR) is 104 cm³/mol. The summed E-state index contributed by atoms with van der Waals surface area (Å²) in [6.07, 6.45) is 0.778. The van der Waals surface area contributed by atoms with Crippen molar-refractivity contribution in [1.29, 1.82) is 0 Å². The average molecular weight is 363 g/mol. The molecule has 4 rings (SSSR count). The maximum Gasteiger partial charge on any atom is 0.131 e. The highest BCUT2D eigenvalue weighted by Crippen LogP contribution is 2.33. The van der Waals surface area contributed by atoms with E-state index in [0.717, 1.165) is 37.8 Å². The van der Waals surface area contributed by atoms with Gasteiger partial charge in [0.05, 0.1) is 5.69 Å². The molecule has 0 amide bonds. The van der Waals surface area contributed by atoms with Crippen LogP contribution in [0.15, 0.2) is 88.8 Å². The van der Waals surface area contributed by atoms with Gasteiger partial charge in [0.1, 0.15) is 5.03 Å². The zero-order valence-electron chi connectivity index (χ0n) is 13.4. The molecule has 4 heteroatoms. The van der Waals surface area contributed by atoms with E-state index in [4.69, 9.17) is 11.6 Å². The lowest BCUT2D eigenvalue weighted by Crippen LogP contribution is -1.98. The zero-order valence-corrected chi connectivity index (χ0v) is 15.0. The van der Waals surface area contributed by atoms with Gasteiger partial charge in [0.15, 0.2) is 0 Å². The predicted octanol–water partition coefficient (Wildman–Crippen LogP) is 6.03. The molecule has 0 saturated heterocycles. The van der Waals surface area contributed by atoms with E-state index in [1.165, 1.54) is 5.56 Å². The molecule has 0 unspecified atom stereocenters. The van der Waals surface area contributed by atoms with Crippen LogP contribution in [0, 0.1) is 0 Å². The Hall–Kier alpha value is -2.36. The van der Waals surface area contributed by atoms with Crippen molar-refractivity contribution < 1.29 is 0 Å². The third kappa shape index (κ3) is 3.68. The van der Waals surface area contributed by atoms with Crippen molar-refractivity contribution in [1.82, 2.24) is 10.2 Å². The van der Waals surface area contributed by atoms with Crippen LogP contribution in [0.3, 0.4) is 0 Å². The number of benzene rings is 3. The number of hydrogen-bond acceptors (Lipinski definition) is 3. The van der Waals surface area contributed by atoms with E-state index in [9.17, 15) is 0 Å². The van der Waals surface area contributed by atoms with Crippen LogP contribution in [-0.2, 0) is 6.42 Å². The van der Waals surface area contributed by atoms with Crippen LogP contribution in [0.5, 0.6) is 0 Å². The lowest BCUT2D eigenvalue weighted by Gasteiger charge is -2.09. The van der Waals surface area contributed by atoms with Crippen LogP contribution >= 0.6 is 23.4 Å². The maximum atomic E-state index is 5.97. The number of halogens is 1. The molecule has 4 aromatic rings. The topological polar surface area (TPSA) is 25.8 Å². The summed E-state index contributed by atoms with van der Waals surface area (Å²) in [5.41, 5.74) is 2.24. The second-order valence-electron chi connectivity index (χ2n) is 5.72. The lowest BCUT2D eigenvalue weighted by molar-refractivity contribution is 0.896. The van der Waals surface area contributed by atoms with E-state index in [1.807, 2.05) is 36.4 Å². The van der Waals surface area contributed by atoms with Gasteiger partial charge in [0.25, 0.3) is 0 Å². The van der Waals surface area contributed by atoms with Crippen LogP contribution in [0.2, 0.25) is 5.02 Å². The third-order valence-corrected chi connectivity index (χ3v) is 5.23. The van der Waals surface area contributed by atoms with Gasteiger partial charge in [0.2, 0.25) is 0 Å². The van der Waals surface area contributed by atoms with E-state index in [2.05, 4.69) is 52.7 Å². The first-order chi connectivity index (χ1) is 12.3. The molecule has 0 aliphatic rings. The minimum absolute atomic E-state index is 0.735. The van der Waals surface area contributed by atoms with Crippen LogP contribution in [0.25, 0.3) is 10.8 Å². The average Bonchev–Trinajstić information content (AvgIpc) is 2.66. The van der Waals surface area contributed by atoms with Crippen molar-refractivity contribution in [2.45, 2.75) is 16.3 Å². The monoisotopic (exact) mass is 362 g/mol. The van der Waals surface area contributed by atoms with Gasteiger partial charge < -0.3 is 0 Å². The molecule has 3 aromatic carbocycles. The molecule has 0 aliphatic heterocycles. The molecule has 0 radical (unpaired) electrons. The fourth-order valence-corrected chi connectivity index (χ4v) is 3.74. The molecule has 0 N–H and O–H groups in total. The van der Waals surface area contributed by atoms with E-state index in [-0.39, 0.29) is 0 Å². The number of fused-ring (bicyclic) bond motifs is 1. The smallest absolute Gasteiger partial charge is 0.131 e. The summed E-state index contributed by atoms with van der Waals surface area (Å²) in [5.74, 6) is 0. The SMILES string of the molecule is Clc1ccc(Sc2nnc(Cc3ccccc3)c3ccccc23)cc1. The number of hydrogen-bond donors (Lipinski definition) is 0. The first-order valence-corrected chi connectivity index (χ1v) is 9.21. The summed E-state index contributed by atoms with van der Waals surface area (Å²) in [5, 5.41) is 12.9. The van der Waals surface area contributed by atoms with Gasteiger partial charge in [-0.1, -0.05) is 78.0 Å². The Morgan fingerprint density at radius 1 is 0.720 bits per heavy atom. The van der Waals surface area contributed by atoms with Gasteiger partial charge in [-0.15, -0.1) is 5.10 Å². The minimum Gasteiger partial charge on any atom is -0.153 e. The summed E-state index contributed by atoms with van der Waals surface area (Å²) < 4.78 is 0. The first-order valence-electron chi connectivity index (χ1n) is 8.01. The lowest BCUT2D eigenvalue weighted by atomic mass is 10.0. The summed E-state index contributed by atoms with van der Waals surface area (Å²) in [7, 11) is 0. The molecular formula is C21H15ClN2S. The van der Waals surface area contributed by atoms with Gasteiger partial charge >= 0.3 is 0 Å². The normalized spacial score (nSPS) is 10.9. The van der Waals surface area contributed by atoms with E-state index in [1.54, 1.807) is 11.8 Å². The van der Waals surface area contributed by atoms with Gasteiger partial charge in [-0.3, -0.25) is 0 Å². The summed E-state index contributed by atoms with van der Waals surface area (Å²) in [6, 6.07) is 26.5. The van der Waals surface area contributed by atoms with E-state index in [0.29, 0.717) is 0 Å². The Kier molecular flexibility index (Phi) is 4.68. The van der Waals surface area contributed by atoms with Gasteiger partial charge in [-0.2, -0.15) is 5.10 Å². The molecule has 122 valence electrons. The van der Waals surface area contributed by atoms with E-state index >= 15 is 0 Å². The molecule has 0 fully saturated rings. The molecule has 0 bridgehead atoms. The molecule has 0 saturated carbocycles. The Morgan fingerprint density at radius 2 is 1.40 bits per heavy atom. The van der Waals surface area contributed by atoms with Gasteiger partial charge in [0, 0.05) is 27.1 Å². The molecule has 0 atom stereocenters. The highest BCUT2D eigenvalue weighted by molar-refractivity contribution is 7.99. The molecule has 0 spiro atoms. The van der Waals surface area contributed by atoms with Crippen molar-refractivity contribution >= 4 is 34.1 Å². The van der Waals surface area contributed by atoms with Gasteiger partial charge in [-0.05, 0) is 29.8 Å². The maximum absolute atomic E-state index is 5.97. The second-order valence-corrected chi connectivity index (χ2v) is 7.21. The minimum atomic E-state index is 0.735. The van der Waals surface area contributed by atoms with Crippen molar-refractivity contribution in [3.63, 3.8) is 0 Å². The fraction of sp³-hybridized carbons (Fsp3) is 0.0476. The first kappa shape index (κ1) is 16.1. The molecule has 1 aromatic heterocycles. The number of nitrogens with zero attached hydrogens (tertiary/aromatic N) is 2. The number of aromatic nitrogens is 2. The van der Waals surface area contributed by atoms with Crippen molar-refractivity contribution in [3.8, 4) is 0 Å². The van der Waals surface area contributed by atoms with E-state index < -0.39 is 0 Å². The Morgan fingerprint density at radius 3 is 2.16 bits per heavy atom. The summed E-state index contributed by atoms with van der Waals surface area (Å²) in [4.78, 5) is 1.10. The summed E-state index contributed by atoms with van der Waals surface area (Å²) in [6.45, 7) is 0. The Balaban J connectivity index is 1.72. The molecule has 2 nitrogen and oxygen atoms in total. The molecule has 1 heterocycles. The highest BCUT2D eigenvalue weighted by Gasteiger charge is 2.11.